The van der Waals surface area contributed by atoms with Gasteiger partial charge in [-0.25, -0.2) is 9.37 Å². The Hall–Kier alpha value is -2.80. The average Bonchev–Trinajstić information content (AvgIpc) is 3.07. The van der Waals surface area contributed by atoms with Crippen LogP contribution in [0.25, 0.3) is 21.8 Å². The predicted molar refractivity (Wildman–Crippen MR) is 91.3 cm³/mol. The fourth-order valence-corrected chi connectivity index (χ4v) is 3.30. The maximum absolute atomic E-state index is 13.7. The van der Waals surface area contributed by atoms with E-state index in [-0.39, 0.29) is 0 Å². The molecule has 0 spiro atoms. The Morgan fingerprint density at radius 3 is 2.67 bits per heavy atom. The molecule has 24 heavy (non-hydrogen) atoms. The molecular formula is C17H14FN3O2S. The third kappa shape index (κ3) is 2.98. The summed E-state index contributed by atoms with van der Waals surface area (Å²) in [6.45, 7) is 1.67. The van der Waals surface area contributed by atoms with Crippen LogP contribution in [-0.4, -0.2) is 28.0 Å². The van der Waals surface area contributed by atoms with E-state index >= 15 is 0 Å². The molecule has 2 aromatic heterocycles. The fraction of sp³-hybridized carbons (Fsp3) is 0.118. The van der Waals surface area contributed by atoms with Gasteiger partial charge in [0.25, 0.3) is 0 Å². The Morgan fingerprint density at radius 2 is 2.00 bits per heavy atom. The van der Waals surface area contributed by atoms with Crippen molar-refractivity contribution in [1.29, 1.82) is 0 Å². The lowest BCUT2D eigenvalue weighted by Crippen LogP contribution is -1.96. The lowest BCUT2D eigenvalue weighted by molar-refractivity contribution is 0.319. The normalized spacial score (nSPS) is 11.5. The SMILES string of the molecule is COc1ccc(F)cc1-c1nc(-c2ccncc2)sc1/C(C)=N/O. The van der Waals surface area contributed by atoms with E-state index in [1.54, 1.807) is 25.4 Å². The minimum absolute atomic E-state index is 0.395. The smallest absolute Gasteiger partial charge is 0.128 e. The van der Waals surface area contributed by atoms with Crippen molar-refractivity contribution in [3.8, 4) is 27.6 Å². The number of benzene rings is 1. The molecule has 3 rings (SSSR count). The number of oxime groups is 1. The van der Waals surface area contributed by atoms with Gasteiger partial charge in [0.2, 0.25) is 0 Å². The van der Waals surface area contributed by atoms with E-state index in [9.17, 15) is 9.60 Å². The van der Waals surface area contributed by atoms with Gasteiger partial charge >= 0.3 is 0 Å². The molecule has 1 aromatic carbocycles. The van der Waals surface area contributed by atoms with Crippen LogP contribution in [0, 0.1) is 5.82 Å². The van der Waals surface area contributed by atoms with Crippen molar-refractivity contribution in [2.24, 2.45) is 5.16 Å². The van der Waals surface area contributed by atoms with E-state index in [4.69, 9.17) is 4.74 Å². The van der Waals surface area contributed by atoms with Crippen LogP contribution in [0.4, 0.5) is 4.39 Å². The predicted octanol–water partition coefficient (Wildman–Crippen LogP) is 4.22. The summed E-state index contributed by atoms with van der Waals surface area (Å²) in [6.07, 6.45) is 3.34. The van der Waals surface area contributed by atoms with Crippen molar-refractivity contribution < 1.29 is 14.3 Å². The van der Waals surface area contributed by atoms with Crippen molar-refractivity contribution in [3.63, 3.8) is 0 Å². The van der Waals surface area contributed by atoms with E-state index in [2.05, 4.69) is 15.1 Å². The molecule has 3 aromatic rings. The van der Waals surface area contributed by atoms with Gasteiger partial charge in [-0.3, -0.25) is 4.98 Å². The van der Waals surface area contributed by atoms with Gasteiger partial charge in [-0.1, -0.05) is 5.16 Å². The molecule has 122 valence electrons. The highest BCUT2D eigenvalue weighted by Crippen LogP contribution is 2.38. The summed E-state index contributed by atoms with van der Waals surface area (Å²) in [4.78, 5) is 9.26. The van der Waals surface area contributed by atoms with E-state index in [0.29, 0.717) is 27.6 Å². The Morgan fingerprint density at radius 1 is 1.25 bits per heavy atom. The van der Waals surface area contributed by atoms with Gasteiger partial charge in [-0.05, 0) is 37.3 Å². The van der Waals surface area contributed by atoms with E-state index in [1.165, 1.54) is 30.6 Å². The summed E-state index contributed by atoms with van der Waals surface area (Å²) in [6, 6.07) is 7.90. The van der Waals surface area contributed by atoms with Gasteiger partial charge in [-0.15, -0.1) is 11.3 Å². The molecule has 0 saturated carbocycles. The van der Waals surface area contributed by atoms with Gasteiger partial charge < -0.3 is 9.94 Å². The zero-order chi connectivity index (χ0) is 17.1. The van der Waals surface area contributed by atoms with Gasteiger partial charge in [-0.2, -0.15) is 0 Å². The zero-order valence-electron chi connectivity index (χ0n) is 13.0. The number of halogens is 1. The van der Waals surface area contributed by atoms with Crippen molar-refractivity contribution in [2.75, 3.05) is 7.11 Å². The first-order chi connectivity index (χ1) is 11.6. The molecule has 0 saturated heterocycles. The van der Waals surface area contributed by atoms with Crippen LogP contribution in [0.1, 0.15) is 11.8 Å². The number of rotatable bonds is 4. The second-order valence-electron chi connectivity index (χ2n) is 4.96. The highest BCUT2D eigenvalue weighted by atomic mass is 32.1. The van der Waals surface area contributed by atoms with Crippen molar-refractivity contribution in [1.82, 2.24) is 9.97 Å². The number of hydrogen-bond donors (Lipinski definition) is 1. The molecule has 0 atom stereocenters. The third-order valence-electron chi connectivity index (χ3n) is 3.45. The Balaban J connectivity index is 2.24. The number of hydrogen-bond acceptors (Lipinski definition) is 6. The maximum atomic E-state index is 13.7. The number of ether oxygens (including phenoxy) is 1. The van der Waals surface area contributed by atoms with Crippen molar-refractivity contribution >= 4 is 17.0 Å². The largest absolute Gasteiger partial charge is 0.496 e. The average molecular weight is 343 g/mol. The highest BCUT2D eigenvalue weighted by molar-refractivity contribution is 7.17. The first kappa shape index (κ1) is 16.1. The van der Waals surface area contributed by atoms with Crippen LogP contribution in [0.3, 0.4) is 0 Å². The topological polar surface area (TPSA) is 67.6 Å². The second-order valence-corrected chi connectivity index (χ2v) is 5.96. The summed E-state index contributed by atoms with van der Waals surface area (Å²) in [5.41, 5.74) is 2.29. The monoisotopic (exact) mass is 343 g/mol. The quantitative estimate of drug-likeness (QED) is 0.437. The zero-order valence-corrected chi connectivity index (χ0v) is 13.8. The molecule has 0 aliphatic rings. The van der Waals surface area contributed by atoms with E-state index < -0.39 is 5.82 Å². The lowest BCUT2D eigenvalue weighted by Gasteiger charge is -2.08. The number of methoxy groups -OCH3 is 1. The van der Waals surface area contributed by atoms with Crippen LogP contribution >= 0.6 is 11.3 Å². The Bertz CT molecular complexity index is 894. The van der Waals surface area contributed by atoms with E-state index in [0.717, 1.165) is 10.6 Å². The minimum Gasteiger partial charge on any atom is -0.496 e. The molecule has 0 bridgehead atoms. The number of nitrogens with zero attached hydrogens (tertiary/aromatic N) is 3. The van der Waals surface area contributed by atoms with Crippen LogP contribution < -0.4 is 4.74 Å². The summed E-state index contributed by atoms with van der Waals surface area (Å²) < 4.78 is 19.1. The number of pyridine rings is 1. The van der Waals surface area contributed by atoms with Crippen molar-refractivity contribution in [2.45, 2.75) is 6.92 Å². The minimum atomic E-state index is -0.395. The molecule has 0 unspecified atom stereocenters. The van der Waals surface area contributed by atoms with Crippen molar-refractivity contribution in [3.05, 3.63) is 53.4 Å². The van der Waals surface area contributed by atoms with Crippen LogP contribution in [-0.2, 0) is 0 Å². The standard InChI is InChI=1S/C17H14FN3O2S/c1-10(21-22)16-15(13-9-12(18)3-4-14(13)23-2)20-17(24-16)11-5-7-19-8-6-11/h3-9,22H,1-2H3/b21-10+. The molecule has 0 radical (unpaired) electrons. The highest BCUT2D eigenvalue weighted by Gasteiger charge is 2.20. The third-order valence-corrected chi connectivity index (χ3v) is 4.66. The Labute approximate surface area is 142 Å². The summed E-state index contributed by atoms with van der Waals surface area (Å²) in [5, 5.41) is 13.2. The summed E-state index contributed by atoms with van der Waals surface area (Å²) in [7, 11) is 1.51. The fourth-order valence-electron chi connectivity index (χ4n) is 2.28. The maximum Gasteiger partial charge on any atom is 0.128 e. The van der Waals surface area contributed by atoms with Gasteiger partial charge in [0, 0.05) is 23.5 Å². The van der Waals surface area contributed by atoms with Crippen LogP contribution in [0.5, 0.6) is 5.75 Å². The van der Waals surface area contributed by atoms with Gasteiger partial charge in [0.15, 0.2) is 0 Å². The molecule has 2 heterocycles. The van der Waals surface area contributed by atoms with Crippen LogP contribution in [0.15, 0.2) is 47.9 Å². The first-order valence-electron chi connectivity index (χ1n) is 7.08. The second kappa shape index (κ2) is 6.76. The first-order valence-corrected chi connectivity index (χ1v) is 7.90. The van der Waals surface area contributed by atoms with Crippen LogP contribution in [0.2, 0.25) is 0 Å². The van der Waals surface area contributed by atoms with Gasteiger partial charge in [0.05, 0.1) is 23.4 Å². The number of thiazole rings is 1. The lowest BCUT2D eigenvalue weighted by atomic mass is 10.1. The number of aromatic nitrogens is 2. The molecule has 0 aliphatic heterocycles. The molecule has 0 fully saturated rings. The van der Waals surface area contributed by atoms with Gasteiger partial charge in [0.1, 0.15) is 16.6 Å². The molecule has 0 aliphatic carbocycles. The molecule has 5 nitrogen and oxygen atoms in total. The molecular weight excluding hydrogens is 329 g/mol. The Kier molecular flexibility index (Phi) is 4.52. The molecule has 1 N–H and O–H groups in total. The molecule has 0 amide bonds. The van der Waals surface area contributed by atoms with E-state index in [1.807, 2.05) is 12.1 Å². The summed E-state index contributed by atoms with van der Waals surface area (Å²) in [5.74, 6) is 0.101. The molecule has 7 heteroatoms. The summed E-state index contributed by atoms with van der Waals surface area (Å²) >= 11 is 1.36.